The third kappa shape index (κ3) is 3.15. The van der Waals surface area contributed by atoms with Crippen LogP contribution in [0.5, 0.6) is 0 Å². The van der Waals surface area contributed by atoms with Crippen LogP contribution in [-0.4, -0.2) is 35.5 Å². The molecule has 110 valence electrons. The smallest absolute Gasteiger partial charge is 0.194 e. The lowest BCUT2D eigenvalue weighted by Gasteiger charge is -2.20. The Morgan fingerprint density at radius 3 is 2.86 bits per heavy atom. The van der Waals surface area contributed by atoms with Crippen molar-refractivity contribution in [3.63, 3.8) is 0 Å². The van der Waals surface area contributed by atoms with E-state index in [2.05, 4.69) is 46.4 Å². The summed E-state index contributed by atoms with van der Waals surface area (Å²) in [5, 5.41) is 5.81. The second-order valence-electron chi connectivity index (χ2n) is 5.34. The summed E-state index contributed by atoms with van der Waals surface area (Å²) in [6.07, 6.45) is 4.39. The molecule has 0 bridgehead atoms. The topological polar surface area (TPSA) is 40.5 Å². The first kappa shape index (κ1) is 13.9. The third-order valence-electron chi connectivity index (χ3n) is 3.88. The van der Waals surface area contributed by atoms with Crippen LogP contribution >= 0.6 is 0 Å². The van der Waals surface area contributed by atoms with E-state index in [-0.39, 0.29) is 0 Å². The van der Waals surface area contributed by atoms with Crippen molar-refractivity contribution in [1.82, 2.24) is 15.2 Å². The number of rotatable bonds is 3. The number of likely N-dealkylation sites (tertiary alicyclic amines) is 1. The fourth-order valence-electron chi connectivity index (χ4n) is 2.81. The van der Waals surface area contributed by atoms with E-state index < -0.39 is 0 Å². The molecule has 0 radical (unpaired) electrons. The number of aromatic nitrogens is 1. The third-order valence-corrected chi connectivity index (χ3v) is 3.88. The monoisotopic (exact) mass is 282 g/mol. The molecule has 0 atom stereocenters. The molecule has 1 aromatic heterocycles. The molecule has 1 fully saturated rings. The van der Waals surface area contributed by atoms with Crippen LogP contribution in [0.4, 0.5) is 0 Å². The van der Waals surface area contributed by atoms with Gasteiger partial charge in [-0.15, -0.1) is 0 Å². The van der Waals surface area contributed by atoms with Crippen LogP contribution in [0.2, 0.25) is 0 Å². The number of pyridine rings is 1. The van der Waals surface area contributed by atoms with E-state index in [9.17, 15) is 0 Å². The molecular weight excluding hydrogens is 260 g/mol. The van der Waals surface area contributed by atoms with Crippen molar-refractivity contribution in [2.45, 2.75) is 26.3 Å². The zero-order valence-electron chi connectivity index (χ0n) is 12.5. The van der Waals surface area contributed by atoms with Gasteiger partial charge in [-0.25, -0.2) is 4.99 Å². The van der Waals surface area contributed by atoms with Crippen molar-refractivity contribution in [3.8, 4) is 0 Å². The van der Waals surface area contributed by atoms with E-state index in [1.807, 2.05) is 12.3 Å². The minimum Gasteiger partial charge on any atom is -0.357 e. The second-order valence-corrected chi connectivity index (χ2v) is 5.34. The molecule has 2 heterocycles. The van der Waals surface area contributed by atoms with Gasteiger partial charge in [-0.05, 0) is 31.2 Å². The minimum absolute atomic E-state index is 0.625. The van der Waals surface area contributed by atoms with E-state index in [1.165, 1.54) is 23.6 Å². The number of nitrogens with zero attached hydrogens (tertiary/aromatic N) is 3. The highest BCUT2D eigenvalue weighted by Crippen LogP contribution is 2.17. The van der Waals surface area contributed by atoms with Crippen LogP contribution in [0.15, 0.2) is 41.5 Å². The van der Waals surface area contributed by atoms with Gasteiger partial charge in [0.2, 0.25) is 0 Å². The Morgan fingerprint density at radius 2 is 2.05 bits per heavy atom. The van der Waals surface area contributed by atoms with E-state index in [1.54, 1.807) is 0 Å². The van der Waals surface area contributed by atoms with Crippen LogP contribution in [0, 0.1) is 0 Å². The number of aliphatic imine (C=N–C) groups is 1. The van der Waals surface area contributed by atoms with Crippen molar-refractivity contribution in [2.75, 3.05) is 19.6 Å². The van der Waals surface area contributed by atoms with Crippen molar-refractivity contribution in [1.29, 1.82) is 0 Å². The molecule has 4 heteroatoms. The van der Waals surface area contributed by atoms with Gasteiger partial charge in [0, 0.05) is 31.2 Å². The summed E-state index contributed by atoms with van der Waals surface area (Å²) in [6.45, 7) is 5.85. The molecule has 4 nitrogen and oxygen atoms in total. The first-order valence-corrected chi connectivity index (χ1v) is 7.74. The largest absolute Gasteiger partial charge is 0.357 e. The number of hydrogen-bond donors (Lipinski definition) is 1. The summed E-state index contributed by atoms with van der Waals surface area (Å²) in [5.74, 6) is 1.02. The van der Waals surface area contributed by atoms with Gasteiger partial charge in [-0.3, -0.25) is 4.98 Å². The number of hydrogen-bond acceptors (Lipinski definition) is 2. The Kier molecular flexibility index (Phi) is 4.34. The summed E-state index contributed by atoms with van der Waals surface area (Å²) < 4.78 is 0. The normalized spacial score (nSPS) is 15.7. The minimum atomic E-state index is 0.625. The highest BCUT2D eigenvalue weighted by molar-refractivity contribution is 5.85. The Bertz CT molecular complexity index is 624. The van der Waals surface area contributed by atoms with Crippen molar-refractivity contribution in [2.24, 2.45) is 4.99 Å². The molecule has 0 spiro atoms. The fraction of sp³-hybridized carbons (Fsp3) is 0.412. The zero-order chi connectivity index (χ0) is 14.5. The molecule has 1 N–H and O–H groups in total. The van der Waals surface area contributed by atoms with Crippen LogP contribution in [0.25, 0.3) is 10.8 Å². The van der Waals surface area contributed by atoms with Crippen molar-refractivity contribution >= 4 is 16.7 Å². The Morgan fingerprint density at radius 1 is 1.24 bits per heavy atom. The van der Waals surface area contributed by atoms with E-state index in [0.717, 1.165) is 31.3 Å². The number of fused-ring (bicyclic) bond motifs is 1. The van der Waals surface area contributed by atoms with Crippen LogP contribution in [-0.2, 0) is 6.54 Å². The number of nitrogens with one attached hydrogen (secondary N) is 1. The summed E-state index contributed by atoms with van der Waals surface area (Å²) in [6, 6.07) is 10.4. The van der Waals surface area contributed by atoms with Gasteiger partial charge >= 0.3 is 0 Å². The summed E-state index contributed by atoms with van der Waals surface area (Å²) in [7, 11) is 0. The first-order chi connectivity index (χ1) is 10.4. The lowest BCUT2D eigenvalue weighted by molar-refractivity contribution is 0.493. The van der Waals surface area contributed by atoms with Gasteiger partial charge in [0.1, 0.15) is 0 Å². The van der Waals surface area contributed by atoms with Crippen molar-refractivity contribution in [3.05, 3.63) is 42.2 Å². The van der Waals surface area contributed by atoms with Gasteiger partial charge in [0.25, 0.3) is 0 Å². The molecule has 0 aliphatic carbocycles. The van der Waals surface area contributed by atoms with Gasteiger partial charge in [-0.2, -0.15) is 0 Å². The predicted octanol–water partition coefficient (Wildman–Crippen LogP) is 2.80. The van der Waals surface area contributed by atoms with E-state index >= 15 is 0 Å². The van der Waals surface area contributed by atoms with Crippen LogP contribution in [0.3, 0.4) is 0 Å². The maximum absolute atomic E-state index is 4.78. The fourth-order valence-corrected chi connectivity index (χ4v) is 2.81. The Hall–Kier alpha value is -2.10. The van der Waals surface area contributed by atoms with Crippen LogP contribution < -0.4 is 5.32 Å². The van der Waals surface area contributed by atoms with E-state index in [4.69, 9.17) is 4.99 Å². The molecule has 3 rings (SSSR count). The quantitative estimate of drug-likeness (QED) is 0.695. The standard InChI is InChI=1S/C17H22N4/c1-2-18-17(21-11-5-6-12-21)20-13-16-15-8-4-3-7-14(15)9-10-19-16/h3-4,7-10H,2,5-6,11-13H2,1H3,(H,18,20). The lowest BCUT2D eigenvalue weighted by atomic mass is 10.1. The summed E-state index contributed by atoms with van der Waals surface area (Å²) in [5.41, 5.74) is 1.04. The molecule has 1 aliphatic heterocycles. The second kappa shape index (κ2) is 6.57. The summed E-state index contributed by atoms with van der Waals surface area (Å²) in [4.78, 5) is 11.6. The molecule has 1 aliphatic rings. The molecule has 1 saturated heterocycles. The molecular formula is C17H22N4. The molecule has 0 saturated carbocycles. The first-order valence-electron chi connectivity index (χ1n) is 7.74. The van der Waals surface area contributed by atoms with Gasteiger partial charge in [0.15, 0.2) is 5.96 Å². The van der Waals surface area contributed by atoms with Crippen molar-refractivity contribution < 1.29 is 0 Å². The summed E-state index contributed by atoms with van der Waals surface area (Å²) >= 11 is 0. The van der Waals surface area contributed by atoms with Crippen LogP contribution in [0.1, 0.15) is 25.5 Å². The highest BCUT2D eigenvalue weighted by atomic mass is 15.3. The highest BCUT2D eigenvalue weighted by Gasteiger charge is 2.15. The Labute approximate surface area is 125 Å². The molecule has 0 unspecified atom stereocenters. The predicted molar refractivity (Wildman–Crippen MR) is 87.4 cm³/mol. The molecule has 21 heavy (non-hydrogen) atoms. The molecule has 1 aromatic carbocycles. The number of benzene rings is 1. The zero-order valence-corrected chi connectivity index (χ0v) is 12.5. The lowest BCUT2D eigenvalue weighted by Crippen LogP contribution is -2.39. The average Bonchev–Trinajstić information content (AvgIpc) is 3.05. The SMILES string of the molecule is CCNC(=NCc1nccc2ccccc12)N1CCCC1. The van der Waals surface area contributed by atoms with Gasteiger partial charge < -0.3 is 10.2 Å². The maximum Gasteiger partial charge on any atom is 0.194 e. The number of guanidine groups is 1. The van der Waals surface area contributed by atoms with E-state index in [0.29, 0.717) is 6.54 Å². The molecule has 2 aromatic rings. The van der Waals surface area contributed by atoms with Gasteiger partial charge in [-0.1, -0.05) is 24.3 Å². The Balaban J connectivity index is 1.84. The van der Waals surface area contributed by atoms with Gasteiger partial charge in [0.05, 0.1) is 12.2 Å². The molecule has 0 amide bonds. The average molecular weight is 282 g/mol. The maximum atomic E-state index is 4.78.